The van der Waals surface area contributed by atoms with Gasteiger partial charge in [0.25, 0.3) is 0 Å². The van der Waals surface area contributed by atoms with Gasteiger partial charge in [-0.15, -0.1) is 0 Å². The van der Waals surface area contributed by atoms with E-state index in [1.54, 1.807) is 24.3 Å². The van der Waals surface area contributed by atoms with Gasteiger partial charge in [-0.05, 0) is 49.9 Å². The van der Waals surface area contributed by atoms with Crippen molar-refractivity contribution >= 4 is 11.9 Å². The van der Waals surface area contributed by atoms with Crippen LogP contribution in [0, 0.1) is 0 Å². The third kappa shape index (κ3) is 4.22. The summed E-state index contributed by atoms with van der Waals surface area (Å²) < 4.78 is 11.1. The summed E-state index contributed by atoms with van der Waals surface area (Å²) in [7, 11) is 0. The van der Waals surface area contributed by atoms with Gasteiger partial charge in [0.1, 0.15) is 12.2 Å². The molecule has 2 aromatic rings. The maximum Gasteiger partial charge on any atom is 0.338 e. The Bertz CT molecular complexity index is 612. The lowest BCUT2D eigenvalue weighted by molar-refractivity contribution is -0.0108. The van der Waals surface area contributed by atoms with E-state index in [0.717, 1.165) is 0 Å². The summed E-state index contributed by atoms with van der Waals surface area (Å²) in [6.45, 7) is 0. The van der Waals surface area contributed by atoms with Crippen LogP contribution in [0.2, 0.25) is 0 Å². The Hall–Kier alpha value is -2.62. The minimum atomic E-state index is -0.291. The largest absolute Gasteiger partial charge is 0.459 e. The molecule has 3 rings (SSSR count). The number of hydrogen-bond donors (Lipinski definition) is 0. The molecule has 124 valence electrons. The fourth-order valence-electron chi connectivity index (χ4n) is 2.86. The Morgan fingerprint density at radius 2 is 0.958 bits per heavy atom. The molecule has 4 nitrogen and oxygen atoms in total. The van der Waals surface area contributed by atoms with Gasteiger partial charge in [-0.25, -0.2) is 9.59 Å². The summed E-state index contributed by atoms with van der Waals surface area (Å²) >= 11 is 0. The van der Waals surface area contributed by atoms with Gasteiger partial charge in [-0.1, -0.05) is 36.4 Å². The molecule has 0 aliphatic heterocycles. The van der Waals surface area contributed by atoms with Gasteiger partial charge < -0.3 is 9.47 Å². The molecule has 4 heteroatoms. The Balaban J connectivity index is 1.46. The molecule has 0 saturated heterocycles. The van der Waals surface area contributed by atoms with E-state index in [1.165, 1.54) is 0 Å². The minimum Gasteiger partial charge on any atom is -0.459 e. The first-order valence-corrected chi connectivity index (χ1v) is 8.24. The molecule has 0 atom stereocenters. The van der Waals surface area contributed by atoms with E-state index in [-0.39, 0.29) is 24.1 Å². The molecule has 0 amide bonds. The van der Waals surface area contributed by atoms with Crippen molar-refractivity contribution in [2.75, 3.05) is 0 Å². The molecule has 1 saturated carbocycles. The lowest BCUT2D eigenvalue weighted by Crippen LogP contribution is -2.29. The number of carbonyl (C=O) groups excluding carboxylic acids is 2. The van der Waals surface area contributed by atoms with E-state index in [0.29, 0.717) is 36.8 Å². The van der Waals surface area contributed by atoms with Crippen molar-refractivity contribution in [2.45, 2.75) is 37.9 Å². The van der Waals surface area contributed by atoms with Gasteiger partial charge >= 0.3 is 11.9 Å². The standard InChI is InChI=1S/C20H20O4/c21-19(15-7-3-1-4-8-15)23-17-11-13-18(14-12-17)24-20(22)16-9-5-2-6-10-16/h1-10,17-18H,11-14H2. The van der Waals surface area contributed by atoms with Crippen molar-refractivity contribution in [3.8, 4) is 0 Å². The molecule has 2 aromatic carbocycles. The zero-order chi connectivity index (χ0) is 16.8. The fourth-order valence-corrected chi connectivity index (χ4v) is 2.86. The van der Waals surface area contributed by atoms with E-state index in [1.807, 2.05) is 36.4 Å². The third-order valence-electron chi connectivity index (χ3n) is 4.19. The zero-order valence-electron chi connectivity index (χ0n) is 13.4. The number of benzene rings is 2. The van der Waals surface area contributed by atoms with Gasteiger partial charge in [0, 0.05) is 0 Å². The van der Waals surface area contributed by atoms with Crippen LogP contribution in [-0.4, -0.2) is 24.1 Å². The SMILES string of the molecule is O=C(OC1CCC(OC(=O)c2ccccc2)CC1)c1ccccc1. The Labute approximate surface area is 141 Å². The van der Waals surface area contributed by atoms with Gasteiger partial charge in [0.05, 0.1) is 11.1 Å². The quantitative estimate of drug-likeness (QED) is 0.797. The molecule has 1 fully saturated rings. The van der Waals surface area contributed by atoms with Crippen LogP contribution in [0.4, 0.5) is 0 Å². The molecule has 0 unspecified atom stereocenters. The first kappa shape index (κ1) is 16.2. The summed E-state index contributed by atoms with van der Waals surface area (Å²) in [6.07, 6.45) is 2.64. The number of ether oxygens (including phenoxy) is 2. The predicted octanol–water partition coefficient (Wildman–Crippen LogP) is 4.01. The van der Waals surface area contributed by atoms with Crippen LogP contribution in [0.15, 0.2) is 60.7 Å². The highest BCUT2D eigenvalue weighted by Crippen LogP contribution is 2.25. The normalized spacial score (nSPS) is 20.2. The van der Waals surface area contributed by atoms with Gasteiger partial charge in [0.15, 0.2) is 0 Å². The lowest BCUT2D eigenvalue weighted by atomic mass is 9.95. The molecule has 0 heterocycles. The first-order chi connectivity index (χ1) is 11.7. The highest BCUT2D eigenvalue weighted by atomic mass is 16.6. The summed E-state index contributed by atoms with van der Waals surface area (Å²) in [5, 5.41) is 0. The monoisotopic (exact) mass is 324 g/mol. The molecular weight excluding hydrogens is 304 g/mol. The van der Waals surface area contributed by atoms with Crippen LogP contribution in [0.3, 0.4) is 0 Å². The molecule has 24 heavy (non-hydrogen) atoms. The second-order valence-corrected chi connectivity index (χ2v) is 5.94. The molecule has 0 N–H and O–H groups in total. The first-order valence-electron chi connectivity index (χ1n) is 8.24. The summed E-state index contributed by atoms with van der Waals surface area (Å²) in [6, 6.07) is 18.0. The van der Waals surface area contributed by atoms with Crippen molar-refractivity contribution in [3.05, 3.63) is 71.8 Å². The van der Waals surface area contributed by atoms with Crippen molar-refractivity contribution in [2.24, 2.45) is 0 Å². The van der Waals surface area contributed by atoms with Crippen molar-refractivity contribution in [1.82, 2.24) is 0 Å². The maximum absolute atomic E-state index is 12.0. The van der Waals surface area contributed by atoms with E-state index < -0.39 is 0 Å². The van der Waals surface area contributed by atoms with Gasteiger partial charge in [-0.2, -0.15) is 0 Å². The van der Waals surface area contributed by atoms with Crippen LogP contribution in [0.25, 0.3) is 0 Å². The molecule has 1 aliphatic rings. The smallest absolute Gasteiger partial charge is 0.338 e. The number of carbonyl (C=O) groups is 2. The van der Waals surface area contributed by atoms with Gasteiger partial charge in [-0.3, -0.25) is 0 Å². The second-order valence-electron chi connectivity index (χ2n) is 5.94. The van der Waals surface area contributed by atoms with Crippen LogP contribution in [0.1, 0.15) is 46.4 Å². The molecular formula is C20H20O4. The Kier molecular flexibility index (Phi) is 5.26. The van der Waals surface area contributed by atoms with Crippen molar-refractivity contribution in [1.29, 1.82) is 0 Å². The Morgan fingerprint density at radius 3 is 1.29 bits per heavy atom. The molecule has 0 radical (unpaired) electrons. The van der Waals surface area contributed by atoms with E-state index in [4.69, 9.17) is 9.47 Å². The van der Waals surface area contributed by atoms with E-state index >= 15 is 0 Å². The molecule has 0 spiro atoms. The Morgan fingerprint density at radius 1 is 0.625 bits per heavy atom. The number of hydrogen-bond acceptors (Lipinski definition) is 4. The maximum atomic E-state index is 12.0. The zero-order valence-corrected chi connectivity index (χ0v) is 13.4. The minimum absolute atomic E-state index is 0.107. The van der Waals surface area contributed by atoms with Crippen molar-refractivity contribution < 1.29 is 19.1 Å². The van der Waals surface area contributed by atoms with E-state index in [9.17, 15) is 9.59 Å². The average molecular weight is 324 g/mol. The summed E-state index contributed by atoms with van der Waals surface area (Å²) in [4.78, 5) is 24.1. The highest BCUT2D eigenvalue weighted by Gasteiger charge is 2.26. The summed E-state index contributed by atoms with van der Waals surface area (Å²) in [5.41, 5.74) is 1.13. The number of rotatable bonds is 4. The lowest BCUT2D eigenvalue weighted by Gasteiger charge is -2.28. The average Bonchev–Trinajstić information content (AvgIpc) is 2.65. The molecule has 0 bridgehead atoms. The van der Waals surface area contributed by atoms with Crippen molar-refractivity contribution in [3.63, 3.8) is 0 Å². The van der Waals surface area contributed by atoms with E-state index in [2.05, 4.69) is 0 Å². The predicted molar refractivity (Wildman–Crippen MR) is 89.8 cm³/mol. The number of esters is 2. The van der Waals surface area contributed by atoms with Crippen LogP contribution in [-0.2, 0) is 9.47 Å². The molecule has 0 aromatic heterocycles. The van der Waals surface area contributed by atoms with Gasteiger partial charge in [0.2, 0.25) is 0 Å². The second kappa shape index (κ2) is 7.77. The summed E-state index contributed by atoms with van der Waals surface area (Å²) in [5.74, 6) is -0.583. The third-order valence-corrected chi connectivity index (χ3v) is 4.19. The molecule has 1 aliphatic carbocycles. The van der Waals surface area contributed by atoms with Crippen LogP contribution in [0.5, 0.6) is 0 Å². The van der Waals surface area contributed by atoms with Crippen LogP contribution < -0.4 is 0 Å². The van der Waals surface area contributed by atoms with Crippen LogP contribution >= 0.6 is 0 Å². The highest BCUT2D eigenvalue weighted by molar-refractivity contribution is 5.90. The fraction of sp³-hybridized carbons (Fsp3) is 0.300. The topological polar surface area (TPSA) is 52.6 Å².